The smallest absolute Gasteiger partial charge is 0.241 e. The van der Waals surface area contributed by atoms with Crippen molar-refractivity contribution >= 4 is 10.0 Å². The lowest BCUT2D eigenvalue weighted by molar-refractivity contribution is 0.171. The summed E-state index contributed by atoms with van der Waals surface area (Å²) < 4.78 is 43.0. The van der Waals surface area contributed by atoms with Crippen LogP contribution < -0.4 is 14.2 Å². The lowest BCUT2D eigenvalue weighted by atomic mass is 10.3. The highest BCUT2D eigenvalue weighted by molar-refractivity contribution is 7.89. The molecule has 1 atom stereocenters. The first-order valence-corrected chi connectivity index (χ1v) is 7.63. The molecule has 1 unspecified atom stereocenters. The Morgan fingerprint density at radius 3 is 2.63 bits per heavy atom. The third kappa shape index (κ3) is 2.68. The van der Waals surface area contributed by atoms with Crippen LogP contribution >= 0.6 is 0 Å². The molecule has 19 heavy (non-hydrogen) atoms. The molecule has 2 heterocycles. The number of hydrogen-bond acceptors (Lipinski definition) is 5. The highest BCUT2D eigenvalue weighted by Gasteiger charge is 2.25. The quantitative estimate of drug-likeness (QED) is 0.876. The molecule has 0 bridgehead atoms. The molecule has 1 saturated heterocycles. The number of nitrogens with one attached hydrogen (secondary N) is 1. The molecule has 0 radical (unpaired) electrons. The summed E-state index contributed by atoms with van der Waals surface area (Å²) in [5.74, 6) is 1.05. The largest absolute Gasteiger partial charge is 0.486 e. The van der Waals surface area contributed by atoms with E-state index in [9.17, 15) is 8.42 Å². The van der Waals surface area contributed by atoms with Gasteiger partial charge in [0.2, 0.25) is 10.0 Å². The van der Waals surface area contributed by atoms with Crippen LogP contribution in [0.1, 0.15) is 6.42 Å². The Balaban J connectivity index is 1.84. The van der Waals surface area contributed by atoms with Gasteiger partial charge in [-0.1, -0.05) is 0 Å². The van der Waals surface area contributed by atoms with Crippen molar-refractivity contribution in [2.75, 3.05) is 26.4 Å². The van der Waals surface area contributed by atoms with E-state index in [4.69, 9.17) is 14.2 Å². The van der Waals surface area contributed by atoms with Crippen LogP contribution in [0, 0.1) is 0 Å². The lowest BCUT2D eigenvalue weighted by Crippen LogP contribution is -2.35. The van der Waals surface area contributed by atoms with Crippen LogP contribution in [0.15, 0.2) is 23.1 Å². The fraction of sp³-hybridized carbons (Fsp3) is 0.500. The summed E-state index contributed by atoms with van der Waals surface area (Å²) in [6, 6.07) is 4.48. The van der Waals surface area contributed by atoms with Crippen molar-refractivity contribution < 1.29 is 22.6 Å². The molecule has 3 rings (SSSR count). The second kappa shape index (κ2) is 4.99. The molecule has 2 aliphatic rings. The van der Waals surface area contributed by atoms with Crippen molar-refractivity contribution in [3.05, 3.63) is 18.2 Å². The molecule has 7 heteroatoms. The minimum Gasteiger partial charge on any atom is -0.486 e. The van der Waals surface area contributed by atoms with Gasteiger partial charge in [-0.3, -0.25) is 0 Å². The Morgan fingerprint density at radius 1 is 1.11 bits per heavy atom. The monoisotopic (exact) mass is 285 g/mol. The van der Waals surface area contributed by atoms with Gasteiger partial charge in [-0.05, 0) is 18.6 Å². The third-order valence-corrected chi connectivity index (χ3v) is 4.59. The van der Waals surface area contributed by atoms with Crippen LogP contribution in [-0.4, -0.2) is 40.9 Å². The Morgan fingerprint density at radius 2 is 1.89 bits per heavy atom. The van der Waals surface area contributed by atoms with E-state index < -0.39 is 10.0 Å². The molecular weight excluding hydrogens is 270 g/mol. The number of rotatable bonds is 3. The molecule has 0 saturated carbocycles. The first-order valence-electron chi connectivity index (χ1n) is 6.15. The first-order chi connectivity index (χ1) is 9.15. The van der Waals surface area contributed by atoms with Crippen molar-refractivity contribution in [1.82, 2.24) is 4.72 Å². The van der Waals surface area contributed by atoms with Crippen LogP contribution in [-0.2, 0) is 14.8 Å². The van der Waals surface area contributed by atoms with Crippen molar-refractivity contribution in [3.63, 3.8) is 0 Å². The van der Waals surface area contributed by atoms with E-state index >= 15 is 0 Å². The maximum atomic E-state index is 12.2. The zero-order chi connectivity index (χ0) is 13.3. The molecule has 2 aliphatic heterocycles. The molecule has 104 valence electrons. The zero-order valence-corrected chi connectivity index (χ0v) is 11.1. The highest BCUT2D eigenvalue weighted by Crippen LogP contribution is 2.32. The molecular formula is C12H15NO5S. The number of benzene rings is 1. The Bertz CT molecular complexity index is 565. The standard InChI is InChI=1S/C12H15NO5S/c14-19(15,13-9-3-4-16-8-9)10-1-2-11-12(7-10)18-6-5-17-11/h1-2,7,9,13H,3-6,8H2. The van der Waals surface area contributed by atoms with E-state index in [0.717, 1.165) is 0 Å². The molecule has 1 aromatic rings. The minimum atomic E-state index is -3.54. The molecule has 0 aromatic heterocycles. The fourth-order valence-electron chi connectivity index (χ4n) is 2.11. The summed E-state index contributed by atoms with van der Waals surface area (Å²) in [6.07, 6.45) is 0.698. The first kappa shape index (κ1) is 12.7. The summed E-state index contributed by atoms with van der Waals surface area (Å²) in [7, 11) is -3.54. The highest BCUT2D eigenvalue weighted by atomic mass is 32.2. The van der Waals surface area contributed by atoms with Crippen LogP contribution in [0.25, 0.3) is 0 Å². The van der Waals surface area contributed by atoms with Crippen LogP contribution in [0.2, 0.25) is 0 Å². The number of hydrogen-bond donors (Lipinski definition) is 1. The Hall–Kier alpha value is -1.31. The lowest BCUT2D eigenvalue weighted by Gasteiger charge is -2.19. The predicted molar refractivity (Wildman–Crippen MR) is 67.0 cm³/mol. The zero-order valence-electron chi connectivity index (χ0n) is 10.3. The fourth-order valence-corrected chi connectivity index (χ4v) is 3.38. The van der Waals surface area contributed by atoms with Crippen LogP contribution in [0.3, 0.4) is 0 Å². The molecule has 1 N–H and O–H groups in total. The third-order valence-electron chi connectivity index (χ3n) is 3.08. The van der Waals surface area contributed by atoms with Gasteiger partial charge in [-0.25, -0.2) is 13.1 Å². The van der Waals surface area contributed by atoms with Crippen LogP contribution in [0.5, 0.6) is 11.5 Å². The van der Waals surface area contributed by atoms with Gasteiger partial charge in [0.25, 0.3) is 0 Å². The number of sulfonamides is 1. The summed E-state index contributed by atoms with van der Waals surface area (Å²) >= 11 is 0. The van der Waals surface area contributed by atoms with Gasteiger partial charge < -0.3 is 14.2 Å². The molecule has 0 aliphatic carbocycles. The van der Waals surface area contributed by atoms with Gasteiger partial charge in [0.1, 0.15) is 13.2 Å². The Kier molecular flexibility index (Phi) is 3.34. The minimum absolute atomic E-state index is 0.154. The van der Waals surface area contributed by atoms with E-state index in [2.05, 4.69) is 4.72 Å². The molecule has 1 aromatic carbocycles. The van der Waals surface area contributed by atoms with Crippen LogP contribution in [0.4, 0.5) is 0 Å². The topological polar surface area (TPSA) is 73.9 Å². The maximum Gasteiger partial charge on any atom is 0.241 e. The molecule has 0 amide bonds. The van der Waals surface area contributed by atoms with E-state index in [-0.39, 0.29) is 10.9 Å². The number of ether oxygens (including phenoxy) is 3. The van der Waals surface area contributed by atoms with E-state index in [0.29, 0.717) is 44.3 Å². The van der Waals surface area contributed by atoms with Crippen molar-refractivity contribution in [3.8, 4) is 11.5 Å². The predicted octanol–water partition coefficient (Wildman–Crippen LogP) is 0.525. The van der Waals surface area contributed by atoms with Gasteiger partial charge >= 0.3 is 0 Å². The van der Waals surface area contributed by atoms with Crippen molar-refractivity contribution in [1.29, 1.82) is 0 Å². The number of fused-ring (bicyclic) bond motifs is 1. The van der Waals surface area contributed by atoms with Gasteiger partial charge in [-0.2, -0.15) is 0 Å². The summed E-state index contributed by atoms with van der Waals surface area (Å²) in [5, 5.41) is 0. The van der Waals surface area contributed by atoms with Crippen molar-refractivity contribution in [2.45, 2.75) is 17.4 Å². The molecule has 6 nitrogen and oxygen atoms in total. The summed E-state index contributed by atoms with van der Waals surface area (Å²) in [4.78, 5) is 0.184. The van der Waals surface area contributed by atoms with Crippen molar-refractivity contribution in [2.24, 2.45) is 0 Å². The van der Waals surface area contributed by atoms with E-state index in [1.165, 1.54) is 12.1 Å². The van der Waals surface area contributed by atoms with E-state index in [1.54, 1.807) is 6.07 Å². The molecule has 0 spiro atoms. The van der Waals surface area contributed by atoms with E-state index in [1.807, 2.05) is 0 Å². The SMILES string of the molecule is O=S(=O)(NC1CCOC1)c1ccc2c(c1)OCCO2. The second-order valence-corrected chi connectivity index (χ2v) is 6.20. The van der Waals surface area contributed by atoms with Gasteiger partial charge in [-0.15, -0.1) is 0 Å². The van der Waals surface area contributed by atoms with Gasteiger partial charge in [0, 0.05) is 18.7 Å². The normalized spacial score (nSPS) is 22.4. The second-order valence-electron chi connectivity index (χ2n) is 4.49. The Labute approximate surface area is 111 Å². The van der Waals surface area contributed by atoms with Gasteiger partial charge in [0.15, 0.2) is 11.5 Å². The maximum absolute atomic E-state index is 12.2. The molecule has 1 fully saturated rings. The van der Waals surface area contributed by atoms with Gasteiger partial charge in [0.05, 0.1) is 11.5 Å². The summed E-state index contributed by atoms with van der Waals surface area (Å²) in [5.41, 5.74) is 0. The average molecular weight is 285 g/mol. The average Bonchev–Trinajstić information content (AvgIpc) is 2.90. The summed E-state index contributed by atoms with van der Waals surface area (Å²) in [6.45, 7) is 1.93.